The van der Waals surface area contributed by atoms with Crippen LogP contribution in [0.4, 0.5) is 0 Å². The van der Waals surface area contributed by atoms with E-state index >= 15 is 0 Å². The highest BCUT2D eigenvalue weighted by molar-refractivity contribution is 7.89. The lowest BCUT2D eigenvalue weighted by molar-refractivity contribution is -0.137. The molecule has 2 rings (SSSR count). The largest absolute Gasteiger partial charge is 0.481 e. The van der Waals surface area contributed by atoms with E-state index in [1.807, 2.05) is 6.92 Å². The molecule has 1 saturated heterocycles. The van der Waals surface area contributed by atoms with Crippen LogP contribution in [0.2, 0.25) is 0 Å². The average Bonchev–Trinajstić information content (AvgIpc) is 2.59. The highest BCUT2D eigenvalue weighted by Gasteiger charge is 2.31. The van der Waals surface area contributed by atoms with Gasteiger partial charge in [-0.1, -0.05) is 17.7 Å². The molecule has 0 unspecified atom stereocenters. The summed E-state index contributed by atoms with van der Waals surface area (Å²) in [5.74, 6) is -1.24. The molecule has 0 aliphatic carbocycles. The number of carboxylic acid groups (broad SMARTS) is 1. The molecule has 7 nitrogen and oxygen atoms in total. The molecule has 0 radical (unpaired) electrons. The van der Waals surface area contributed by atoms with Gasteiger partial charge in [0, 0.05) is 32.0 Å². The normalized spacial score (nSPS) is 16.5. The number of carbonyl (C=O) groups excluding carboxylic acids is 1. The van der Waals surface area contributed by atoms with E-state index in [0.717, 1.165) is 5.56 Å². The minimum absolute atomic E-state index is 0.0213. The summed E-state index contributed by atoms with van der Waals surface area (Å²) in [5, 5.41) is 11.3. The third-order valence-electron chi connectivity index (χ3n) is 4.35. The van der Waals surface area contributed by atoms with E-state index in [-0.39, 0.29) is 23.1 Å². The van der Waals surface area contributed by atoms with E-state index in [9.17, 15) is 18.0 Å². The molecule has 1 aliphatic rings. The molecular formula is C17H24N2O5S. The Balaban J connectivity index is 1.85. The molecule has 0 saturated carbocycles. The Morgan fingerprint density at radius 3 is 2.36 bits per heavy atom. The number of benzene rings is 1. The smallest absolute Gasteiger partial charge is 0.303 e. The summed E-state index contributed by atoms with van der Waals surface area (Å²) < 4.78 is 26.7. The van der Waals surface area contributed by atoms with Crippen LogP contribution < -0.4 is 5.32 Å². The van der Waals surface area contributed by atoms with Gasteiger partial charge in [-0.05, 0) is 38.3 Å². The van der Waals surface area contributed by atoms with Crippen molar-refractivity contribution in [2.24, 2.45) is 5.92 Å². The van der Waals surface area contributed by atoms with Gasteiger partial charge in [0.05, 0.1) is 4.90 Å². The highest BCUT2D eigenvalue weighted by atomic mass is 32.2. The first kappa shape index (κ1) is 19.4. The van der Waals surface area contributed by atoms with E-state index in [2.05, 4.69) is 5.32 Å². The molecular weight excluding hydrogens is 344 g/mol. The summed E-state index contributed by atoms with van der Waals surface area (Å²) in [5.41, 5.74) is 0.997. The Bertz CT molecular complexity index is 707. The first-order valence-electron chi connectivity index (χ1n) is 8.37. The number of amides is 1. The number of hydrogen-bond acceptors (Lipinski definition) is 4. The number of nitrogens with one attached hydrogen (secondary N) is 1. The number of nitrogens with zero attached hydrogens (tertiary/aromatic N) is 1. The SMILES string of the molecule is Cc1ccc(S(=O)(=O)N2CCC(C(=O)NCCCC(=O)O)CC2)cc1. The van der Waals surface area contributed by atoms with E-state index in [0.29, 0.717) is 38.9 Å². The first-order valence-corrected chi connectivity index (χ1v) is 9.81. The maximum absolute atomic E-state index is 12.6. The number of carbonyl (C=O) groups is 2. The molecule has 0 atom stereocenters. The third kappa shape index (κ3) is 5.27. The van der Waals surface area contributed by atoms with Crippen LogP contribution in [0, 0.1) is 12.8 Å². The fourth-order valence-electron chi connectivity index (χ4n) is 2.81. The van der Waals surface area contributed by atoms with E-state index in [4.69, 9.17) is 5.11 Å². The lowest BCUT2D eigenvalue weighted by Gasteiger charge is -2.30. The molecule has 25 heavy (non-hydrogen) atoms. The van der Waals surface area contributed by atoms with E-state index < -0.39 is 16.0 Å². The molecule has 1 aromatic rings. The predicted octanol–water partition coefficient (Wildman–Crippen LogP) is 1.38. The van der Waals surface area contributed by atoms with Crippen molar-refractivity contribution in [3.63, 3.8) is 0 Å². The summed E-state index contributed by atoms with van der Waals surface area (Å²) >= 11 is 0. The Labute approximate surface area is 148 Å². The molecule has 0 spiro atoms. The molecule has 0 aromatic heterocycles. The van der Waals surface area contributed by atoms with E-state index in [1.54, 1.807) is 24.3 Å². The zero-order chi connectivity index (χ0) is 18.4. The number of aryl methyl sites for hydroxylation is 1. The van der Waals surface area contributed by atoms with Gasteiger partial charge in [-0.2, -0.15) is 4.31 Å². The van der Waals surface area contributed by atoms with Crippen LogP contribution in [0.1, 0.15) is 31.2 Å². The highest BCUT2D eigenvalue weighted by Crippen LogP contribution is 2.24. The fraction of sp³-hybridized carbons (Fsp3) is 0.529. The van der Waals surface area contributed by atoms with Crippen molar-refractivity contribution in [2.45, 2.75) is 37.5 Å². The Hall–Kier alpha value is -1.93. The van der Waals surface area contributed by atoms with Crippen molar-refractivity contribution in [1.82, 2.24) is 9.62 Å². The van der Waals surface area contributed by atoms with Gasteiger partial charge in [-0.25, -0.2) is 8.42 Å². The van der Waals surface area contributed by atoms with Gasteiger partial charge in [-0.15, -0.1) is 0 Å². The maximum Gasteiger partial charge on any atom is 0.303 e. The van der Waals surface area contributed by atoms with Crippen LogP contribution in [0.5, 0.6) is 0 Å². The lowest BCUT2D eigenvalue weighted by atomic mass is 9.97. The van der Waals surface area contributed by atoms with Gasteiger partial charge in [0.1, 0.15) is 0 Å². The van der Waals surface area contributed by atoms with Crippen molar-refractivity contribution in [3.8, 4) is 0 Å². The van der Waals surface area contributed by atoms with Crippen molar-refractivity contribution < 1.29 is 23.1 Å². The molecule has 2 N–H and O–H groups in total. The van der Waals surface area contributed by atoms with Crippen LogP contribution in [0.25, 0.3) is 0 Å². The van der Waals surface area contributed by atoms with Crippen molar-refractivity contribution >= 4 is 21.9 Å². The topological polar surface area (TPSA) is 104 Å². The minimum Gasteiger partial charge on any atom is -0.481 e. The minimum atomic E-state index is -3.52. The molecule has 0 bridgehead atoms. The lowest BCUT2D eigenvalue weighted by Crippen LogP contribution is -2.43. The summed E-state index contributed by atoms with van der Waals surface area (Å²) in [4.78, 5) is 22.8. The Morgan fingerprint density at radius 2 is 1.80 bits per heavy atom. The number of carboxylic acids is 1. The second-order valence-corrected chi connectivity index (χ2v) is 8.22. The average molecular weight is 368 g/mol. The predicted molar refractivity (Wildman–Crippen MR) is 92.5 cm³/mol. The van der Waals surface area contributed by atoms with Crippen LogP contribution in [-0.4, -0.2) is 49.3 Å². The van der Waals surface area contributed by atoms with Gasteiger partial charge in [0.2, 0.25) is 15.9 Å². The molecule has 138 valence electrons. The Morgan fingerprint density at radius 1 is 1.20 bits per heavy atom. The molecule has 1 aliphatic heterocycles. The van der Waals surface area contributed by atoms with Gasteiger partial charge in [0.25, 0.3) is 0 Å². The van der Waals surface area contributed by atoms with E-state index in [1.165, 1.54) is 4.31 Å². The standard InChI is InChI=1S/C17H24N2O5S/c1-13-4-6-15(7-5-13)25(23,24)19-11-8-14(9-12-19)17(22)18-10-2-3-16(20)21/h4-7,14H,2-3,8-12H2,1H3,(H,18,22)(H,20,21). The second kappa shape index (κ2) is 8.44. The van der Waals surface area contributed by atoms with Gasteiger partial charge in [0.15, 0.2) is 0 Å². The third-order valence-corrected chi connectivity index (χ3v) is 6.26. The molecule has 1 fully saturated rings. The zero-order valence-electron chi connectivity index (χ0n) is 14.3. The molecule has 1 amide bonds. The maximum atomic E-state index is 12.6. The summed E-state index contributed by atoms with van der Waals surface area (Å²) in [6.07, 6.45) is 1.35. The Kier molecular flexibility index (Phi) is 6.55. The molecule has 1 heterocycles. The van der Waals surface area contributed by atoms with Gasteiger partial charge in [-0.3, -0.25) is 9.59 Å². The number of piperidine rings is 1. The van der Waals surface area contributed by atoms with Gasteiger partial charge >= 0.3 is 5.97 Å². The number of hydrogen-bond donors (Lipinski definition) is 2. The number of aliphatic carboxylic acids is 1. The summed E-state index contributed by atoms with van der Waals surface area (Å²) in [6, 6.07) is 6.74. The van der Waals surface area contributed by atoms with Gasteiger partial charge < -0.3 is 10.4 Å². The summed E-state index contributed by atoms with van der Waals surface area (Å²) in [6.45, 7) is 2.84. The number of rotatable bonds is 7. The van der Waals surface area contributed by atoms with Crippen molar-refractivity contribution in [2.75, 3.05) is 19.6 Å². The number of sulfonamides is 1. The second-order valence-electron chi connectivity index (χ2n) is 6.28. The van der Waals surface area contributed by atoms with Crippen LogP contribution >= 0.6 is 0 Å². The zero-order valence-corrected chi connectivity index (χ0v) is 15.1. The van der Waals surface area contributed by atoms with Crippen molar-refractivity contribution in [1.29, 1.82) is 0 Å². The first-order chi connectivity index (χ1) is 11.8. The fourth-order valence-corrected chi connectivity index (χ4v) is 4.28. The molecule has 8 heteroatoms. The summed E-state index contributed by atoms with van der Waals surface area (Å²) in [7, 11) is -3.52. The van der Waals surface area contributed by atoms with Crippen molar-refractivity contribution in [3.05, 3.63) is 29.8 Å². The molecule has 1 aromatic carbocycles. The van der Waals surface area contributed by atoms with Crippen LogP contribution in [0.3, 0.4) is 0 Å². The monoisotopic (exact) mass is 368 g/mol. The quantitative estimate of drug-likeness (QED) is 0.708. The van der Waals surface area contributed by atoms with Crippen LogP contribution in [0.15, 0.2) is 29.2 Å². The van der Waals surface area contributed by atoms with Crippen LogP contribution in [-0.2, 0) is 19.6 Å².